The van der Waals surface area contributed by atoms with Crippen LogP contribution in [0.5, 0.6) is 5.75 Å². The fourth-order valence-electron chi connectivity index (χ4n) is 2.50. The van der Waals surface area contributed by atoms with Crippen LogP contribution in [0.15, 0.2) is 54.6 Å². The van der Waals surface area contributed by atoms with Crippen LogP contribution in [-0.2, 0) is 6.42 Å². The summed E-state index contributed by atoms with van der Waals surface area (Å²) in [5.74, 6) is -0.701. The fourth-order valence-corrected chi connectivity index (χ4v) is 2.50. The van der Waals surface area contributed by atoms with Crippen molar-refractivity contribution in [1.29, 1.82) is 0 Å². The second kappa shape index (κ2) is 8.58. The lowest BCUT2D eigenvalue weighted by Crippen LogP contribution is -2.39. The van der Waals surface area contributed by atoms with Crippen molar-refractivity contribution < 1.29 is 23.4 Å². The van der Waals surface area contributed by atoms with Gasteiger partial charge in [0.15, 0.2) is 0 Å². The summed E-state index contributed by atoms with van der Waals surface area (Å²) in [4.78, 5) is 12.3. The highest BCUT2D eigenvalue weighted by atomic mass is 19.3. The van der Waals surface area contributed by atoms with Crippen molar-refractivity contribution >= 4 is 5.91 Å². The van der Waals surface area contributed by atoms with Crippen LogP contribution < -0.4 is 10.1 Å². The Hall–Kier alpha value is -2.47. The minimum atomic E-state index is -3.00. The summed E-state index contributed by atoms with van der Waals surface area (Å²) in [5, 5.41) is 12.4. The number of nitrogens with one attached hydrogen (secondary N) is 1. The lowest BCUT2D eigenvalue weighted by Gasteiger charge is -2.28. The van der Waals surface area contributed by atoms with Gasteiger partial charge in [0.2, 0.25) is 0 Å². The number of aliphatic hydroxyl groups excluding tert-OH is 1. The average Bonchev–Trinajstić information content (AvgIpc) is 2.60. The molecule has 0 heterocycles. The monoisotopic (exact) mass is 349 g/mol. The third-order valence-electron chi connectivity index (χ3n) is 3.88. The molecular formula is C19H21F2NO3. The summed E-state index contributed by atoms with van der Waals surface area (Å²) in [6.07, 6.45) is 0.569. The SMILES string of the molecule is C[C@](CO)(CNC(=O)c1ccccc1OC(F)F)Cc1ccccc1. The third kappa shape index (κ3) is 5.53. The number of aliphatic hydroxyl groups is 1. The number of carbonyl (C=O) groups excluding carboxylic acids is 1. The van der Waals surface area contributed by atoms with Gasteiger partial charge in [0.05, 0.1) is 12.2 Å². The summed E-state index contributed by atoms with van der Waals surface area (Å²) in [7, 11) is 0. The average molecular weight is 349 g/mol. The van der Waals surface area contributed by atoms with Gasteiger partial charge in [0, 0.05) is 12.0 Å². The van der Waals surface area contributed by atoms with Crippen molar-refractivity contribution in [2.75, 3.05) is 13.2 Å². The molecule has 2 rings (SSSR count). The highest BCUT2D eigenvalue weighted by Crippen LogP contribution is 2.23. The standard InChI is InChI=1S/C19H21F2NO3/c1-19(13-23,11-14-7-3-2-4-8-14)12-22-17(24)15-9-5-6-10-16(15)25-18(20)21/h2-10,18,23H,11-13H2,1H3,(H,22,24)/t19-/m1/s1. The van der Waals surface area contributed by atoms with Crippen LogP contribution in [0.2, 0.25) is 0 Å². The Morgan fingerprint density at radius 1 is 1.16 bits per heavy atom. The predicted molar refractivity (Wildman–Crippen MR) is 90.7 cm³/mol. The number of carbonyl (C=O) groups is 1. The molecule has 0 bridgehead atoms. The number of rotatable bonds is 8. The van der Waals surface area contributed by atoms with Gasteiger partial charge in [-0.25, -0.2) is 0 Å². The van der Waals surface area contributed by atoms with Crippen molar-refractivity contribution in [3.8, 4) is 5.75 Å². The van der Waals surface area contributed by atoms with Gasteiger partial charge in [-0.1, -0.05) is 49.4 Å². The summed E-state index contributed by atoms with van der Waals surface area (Å²) < 4.78 is 29.3. The molecule has 0 spiro atoms. The van der Waals surface area contributed by atoms with Crippen LogP contribution in [-0.4, -0.2) is 30.8 Å². The number of ether oxygens (including phenoxy) is 1. The van der Waals surface area contributed by atoms with Crippen LogP contribution in [0.1, 0.15) is 22.8 Å². The Morgan fingerprint density at radius 2 is 1.80 bits per heavy atom. The summed E-state index contributed by atoms with van der Waals surface area (Å²) in [6.45, 7) is -1.09. The molecule has 0 saturated heterocycles. The molecule has 0 radical (unpaired) electrons. The van der Waals surface area contributed by atoms with Gasteiger partial charge in [-0.3, -0.25) is 4.79 Å². The smallest absolute Gasteiger partial charge is 0.387 e. The van der Waals surface area contributed by atoms with E-state index < -0.39 is 17.9 Å². The van der Waals surface area contributed by atoms with Gasteiger partial charge in [0.1, 0.15) is 5.75 Å². The largest absolute Gasteiger partial charge is 0.434 e. The van der Waals surface area contributed by atoms with Gasteiger partial charge in [-0.15, -0.1) is 0 Å². The maximum atomic E-state index is 12.4. The maximum Gasteiger partial charge on any atom is 0.387 e. The number of hydrogen-bond donors (Lipinski definition) is 2. The minimum absolute atomic E-state index is 0.0304. The topological polar surface area (TPSA) is 58.6 Å². The first-order chi connectivity index (χ1) is 11.9. The highest BCUT2D eigenvalue weighted by molar-refractivity contribution is 5.96. The zero-order chi connectivity index (χ0) is 18.3. The van der Waals surface area contributed by atoms with Crippen LogP contribution in [0, 0.1) is 5.41 Å². The lowest BCUT2D eigenvalue weighted by atomic mass is 9.84. The number of alkyl halides is 2. The molecular weight excluding hydrogens is 328 g/mol. The lowest BCUT2D eigenvalue weighted by molar-refractivity contribution is -0.0501. The predicted octanol–water partition coefficient (Wildman–Crippen LogP) is 3.26. The van der Waals surface area contributed by atoms with E-state index in [4.69, 9.17) is 0 Å². The van der Waals surface area contributed by atoms with Crippen LogP contribution >= 0.6 is 0 Å². The van der Waals surface area contributed by atoms with Crippen molar-refractivity contribution in [3.05, 3.63) is 65.7 Å². The third-order valence-corrected chi connectivity index (χ3v) is 3.88. The normalized spacial score (nSPS) is 13.3. The number of amides is 1. The van der Waals surface area contributed by atoms with E-state index in [2.05, 4.69) is 10.1 Å². The molecule has 0 aromatic heterocycles. The maximum absolute atomic E-state index is 12.4. The van der Waals surface area contributed by atoms with E-state index in [0.29, 0.717) is 6.42 Å². The number of benzene rings is 2. The molecule has 2 aromatic rings. The van der Waals surface area contributed by atoms with Gasteiger partial charge in [-0.2, -0.15) is 8.78 Å². The van der Waals surface area contributed by atoms with E-state index in [-0.39, 0.29) is 24.5 Å². The Morgan fingerprint density at radius 3 is 2.44 bits per heavy atom. The van der Waals surface area contributed by atoms with Gasteiger partial charge in [-0.05, 0) is 24.1 Å². The molecule has 1 atom stereocenters. The molecule has 25 heavy (non-hydrogen) atoms. The molecule has 0 aliphatic carbocycles. The Kier molecular flexibility index (Phi) is 6.47. The number of hydrogen-bond acceptors (Lipinski definition) is 3. The van der Waals surface area contributed by atoms with Crippen LogP contribution in [0.25, 0.3) is 0 Å². The van der Waals surface area contributed by atoms with Crippen LogP contribution in [0.3, 0.4) is 0 Å². The molecule has 0 unspecified atom stereocenters. The van der Waals surface area contributed by atoms with Crippen molar-refractivity contribution in [1.82, 2.24) is 5.32 Å². The first kappa shape index (κ1) is 18.9. The molecule has 0 saturated carbocycles. The summed E-state index contributed by atoms with van der Waals surface area (Å²) in [5.41, 5.74) is 0.493. The molecule has 0 fully saturated rings. The zero-order valence-electron chi connectivity index (χ0n) is 13.9. The second-order valence-electron chi connectivity index (χ2n) is 6.19. The van der Waals surface area contributed by atoms with Gasteiger partial charge >= 0.3 is 6.61 Å². The molecule has 6 heteroatoms. The zero-order valence-corrected chi connectivity index (χ0v) is 13.9. The Bertz CT molecular complexity index is 694. The van der Waals surface area contributed by atoms with Gasteiger partial charge in [0.25, 0.3) is 5.91 Å². The molecule has 2 N–H and O–H groups in total. The molecule has 0 aliphatic heterocycles. The molecule has 4 nitrogen and oxygen atoms in total. The Balaban J connectivity index is 2.05. The molecule has 0 aliphatic rings. The first-order valence-corrected chi connectivity index (χ1v) is 7.90. The first-order valence-electron chi connectivity index (χ1n) is 7.90. The van der Waals surface area contributed by atoms with Gasteiger partial charge < -0.3 is 15.2 Å². The fraction of sp³-hybridized carbons (Fsp3) is 0.316. The molecule has 134 valence electrons. The van der Waals surface area contributed by atoms with Crippen molar-refractivity contribution in [2.45, 2.75) is 20.0 Å². The van der Waals surface area contributed by atoms with E-state index in [1.54, 1.807) is 6.07 Å². The highest BCUT2D eigenvalue weighted by Gasteiger charge is 2.25. The Labute approximate surface area is 145 Å². The molecule has 2 aromatic carbocycles. The van der Waals surface area contributed by atoms with E-state index in [1.165, 1.54) is 18.2 Å². The molecule has 1 amide bonds. The summed E-state index contributed by atoms with van der Waals surface area (Å²) in [6, 6.07) is 15.4. The summed E-state index contributed by atoms with van der Waals surface area (Å²) >= 11 is 0. The van der Waals surface area contributed by atoms with E-state index >= 15 is 0 Å². The van der Waals surface area contributed by atoms with Crippen molar-refractivity contribution in [3.63, 3.8) is 0 Å². The second-order valence-corrected chi connectivity index (χ2v) is 6.19. The van der Waals surface area contributed by atoms with Crippen molar-refractivity contribution in [2.24, 2.45) is 5.41 Å². The quantitative estimate of drug-likeness (QED) is 0.769. The van der Waals surface area contributed by atoms with E-state index in [0.717, 1.165) is 5.56 Å². The van der Waals surface area contributed by atoms with E-state index in [9.17, 15) is 18.7 Å². The number of para-hydroxylation sites is 1. The number of halogens is 2. The van der Waals surface area contributed by atoms with E-state index in [1.807, 2.05) is 37.3 Å². The van der Waals surface area contributed by atoms with Crippen LogP contribution in [0.4, 0.5) is 8.78 Å². The minimum Gasteiger partial charge on any atom is -0.434 e.